The van der Waals surface area contributed by atoms with Gasteiger partial charge in [0.05, 0.1) is 29.7 Å². The van der Waals surface area contributed by atoms with E-state index in [1.807, 2.05) is 24.3 Å². The molecule has 21 heavy (non-hydrogen) atoms. The number of aromatic nitrogens is 2. The largest absolute Gasteiger partial charge is 0.497 e. The van der Waals surface area contributed by atoms with E-state index in [2.05, 4.69) is 44.5 Å². The molecule has 0 unspecified atom stereocenters. The van der Waals surface area contributed by atoms with Crippen LogP contribution >= 0.6 is 27.5 Å². The van der Waals surface area contributed by atoms with Crippen LogP contribution in [0.3, 0.4) is 0 Å². The number of ether oxygens (including phenoxy) is 1. The Bertz CT molecular complexity index is 813. The molecule has 0 spiro atoms. The molecule has 3 aromatic rings. The van der Waals surface area contributed by atoms with E-state index in [-0.39, 0.29) is 0 Å². The highest BCUT2D eigenvalue weighted by molar-refractivity contribution is 9.10. The number of methoxy groups -OCH3 is 1. The molecule has 0 amide bonds. The summed E-state index contributed by atoms with van der Waals surface area (Å²) < 4.78 is 8.35. The molecule has 2 aromatic carbocycles. The number of imidazole rings is 1. The van der Waals surface area contributed by atoms with Gasteiger partial charge < -0.3 is 4.74 Å². The molecule has 0 fully saturated rings. The van der Waals surface area contributed by atoms with Gasteiger partial charge in [-0.2, -0.15) is 0 Å². The van der Waals surface area contributed by atoms with Crippen molar-refractivity contribution in [1.29, 1.82) is 0 Å². The van der Waals surface area contributed by atoms with Crippen LogP contribution in [-0.2, 0) is 5.88 Å². The predicted molar refractivity (Wildman–Crippen MR) is 89.6 cm³/mol. The molecule has 3 rings (SSSR count). The van der Waals surface area contributed by atoms with E-state index in [1.165, 1.54) is 5.56 Å². The van der Waals surface area contributed by atoms with Crippen LogP contribution in [0.2, 0.25) is 0 Å². The first-order chi connectivity index (χ1) is 10.1. The molecule has 0 aliphatic rings. The van der Waals surface area contributed by atoms with Crippen LogP contribution in [0.5, 0.6) is 5.75 Å². The Hall–Kier alpha value is -1.52. The molecule has 0 aliphatic carbocycles. The van der Waals surface area contributed by atoms with Crippen molar-refractivity contribution >= 4 is 38.6 Å². The van der Waals surface area contributed by atoms with Crippen molar-refractivity contribution in [3.63, 3.8) is 0 Å². The number of benzene rings is 2. The third-order valence-corrected chi connectivity index (χ3v) is 4.30. The zero-order valence-electron chi connectivity index (χ0n) is 11.7. The second-order valence-corrected chi connectivity index (χ2v) is 5.93. The summed E-state index contributed by atoms with van der Waals surface area (Å²) in [7, 11) is 1.65. The molecule has 3 nitrogen and oxygen atoms in total. The SMILES string of the molecule is COc1ccc2c(c1)nc(CCl)n2-c1cc(C)ccc1Br. The minimum absolute atomic E-state index is 0.345. The zero-order chi connectivity index (χ0) is 15.0. The first-order valence-corrected chi connectivity index (χ1v) is 7.84. The lowest BCUT2D eigenvalue weighted by Gasteiger charge is -2.11. The molecule has 0 N–H and O–H groups in total. The van der Waals surface area contributed by atoms with Gasteiger partial charge in [-0.05, 0) is 52.7 Å². The summed E-state index contributed by atoms with van der Waals surface area (Å²) in [5.41, 5.74) is 4.11. The molecule has 0 radical (unpaired) electrons. The Balaban J connectivity index is 2.32. The van der Waals surface area contributed by atoms with Gasteiger partial charge >= 0.3 is 0 Å². The van der Waals surface area contributed by atoms with Crippen LogP contribution < -0.4 is 4.74 Å². The molecule has 0 saturated carbocycles. The lowest BCUT2D eigenvalue weighted by Crippen LogP contribution is -2.00. The van der Waals surface area contributed by atoms with E-state index in [1.54, 1.807) is 7.11 Å². The Kier molecular flexibility index (Phi) is 3.91. The summed E-state index contributed by atoms with van der Waals surface area (Å²) in [5.74, 6) is 1.94. The third kappa shape index (κ3) is 2.54. The molecule has 0 atom stereocenters. The fourth-order valence-electron chi connectivity index (χ4n) is 2.39. The van der Waals surface area contributed by atoms with E-state index < -0.39 is 0 Å². The average Bonchev–Trinajstić information content (AvgIpc) is 2.87. The van der Waals surface area contributed by atoms with E-state index >= 15 is 0 Å². The molecule has 0 bridgehead atoms. The zero-order valence-corrected chi connectivity index (χ0v) is 14.1. The van der Waals surface area contributed by atoms with Crippen LogP contribution in [0.15, 0.2) is 40.9 Å². The standard InChI is InChI=1S/C16H14BrClN2O/c1-10-3-5-12(17)15(7-10)20-14-6-4-11(21-2)8-13(14)19-16(20)9-18/h3-8H,9H2,1-2H3. The summed E-state index contributed by atoms with van der Waals surface area (Å²) in [4.78, 5) is 4.62. The molecule has 0 saturated heterocycles. The Labute approximate surface area is 136 Å². The van der Waals surface area contributed by atoms with Crippen molar-refractivity contribution in [2.45, 2.75) is 12.8 Å². The minimum Gasteiger partial charge on any atom is -0.497 e. The van der Waals surface area contributed by atoms with E-state index in [0.717, 1.165) is 32.8 Å². The van der Waals surface area contributed by atoms with Crippen molar-refractivity contribution in [1.82, 2.24) is 9.55 Å². The Morgan fingerprint density at radius 2 is 2.05 bits per heavy atom. The van der Waals surface area contributed by atoms with Crippen molar-refractivity contribution < 1.29 is 4.74 Å². The van der Waals surface area contributed by atoms with E-state index in [9.17, 15) is 0 Å². The molecule has 1 heterocycles. The summed E-state index contributed by atoms with van der Waals surface area (Å²) in [6, 6.07) is 12.1. The topological polar surface area (TPSA) is 27.1 Å². The van der Waals surface area contributed by atoms with Gasteiger partial charge in [0.25, 0.3) is 0 Å². The number of hydrogen-bond donors (Lipinski definition) is 0. The highest BCUT2D eigenvalue weighted by atomic mass is 79.9. The van der Waals surface area contributed by atoms with Gasteiger partial charge in [0.1, 0.15) is 11.6 Å². The third-order valence-electron chi connectivity index (χ3n) is 3.39. The van der Waals surface area contributed by atoms with Crippen LogP contribution in [0.4, 0.5) is 0 Å². The van der Waals surface area contributed by atoms with Gasteiger partial charge in [-0.1, -0.05) is 6.07 Å². The fraction of sp³-hybridized carbons (Fsp3) is 0.188. The number of nitrogens with zero attached hydrogens (tertiary/aromatic N) is 2. The fourth-order valence-corrected chi connectivity index (χ4v) is 2.99. The minimum atomic E-state index is 0.345. The average molecular weight is 366 g/mol. The van der Waals surface area contributed by atoms with Gasteiger partial charge in [-0.25, -0.2) is 4.98 Å². The van der Waals surface area contributed by atoms with Crippen LogP contribution in [0, 0.1) is 6.92 Å². The van der Waals surface area contributed by atoms with Crippen molar-refractivity contribution in [2.24, 2.45) is 0 Å². The molecule has 5 heteroatoms. The molecule has 0 aliphatic heterocycles. The molecule has 108 valence electrons. The molecular formula is C16H14BrClN2O. The van der Waals surface area contributed by atoms with Gasteiger partial charge in [0, 0.05) is 10.5 Å². The molecule has 1 aromatic heterocycles. The maximum Gasteiger partial charge on any atom is 0.129 e. The Morgan fingerprint density at radius 1 is 1.24 bits per heavy atom. The highest BCUT2D eigenvalue weighted by Gasteiger charge is 2.14. The van der Waals surface area contributed by atoms with Crippen LogP contribution in [-0.4, -0.2) is 16.7 Å². The number of halogens is 2. The van der Waals surface area contributed by atoms with Crippen LogP contribution in [0.1, 0.15) is 11.4 Å². The first-order valence-electron chi connectivity index (χ1n) is 6.52. The Morgan fingerprint density at radius 3 is 2.76 bits per heavy atom. The van der Waals surface area contributed by atoms with Crippen molar-refractivity contribution in [2.75, 3.05) is 7.11 Å². The lowest BCUT2D eigenvalue weighted by atomic mass is 10.2. The summed E-state index contributed by atoms with van der Waals surface area (Å²) >= 11 is 9.70. The van der Waals surface area contributed by atoms with Gasteiger partial charge in [-0.3, -0.25) is 4.57 Å². The number of hydrogen-bond acceptors (Lipinski definition) is 2. The lowest BCUT2D eigenvalue weighted by molar-refractivity contribution is 0.415. The van der Waals surface area contributed by atoms with E-state index in [0.29, 0.717) is 5.88 Å². The first kappa shape index (κ1) is 14.4. The van der Waals surface area contributed by atoms with Gasteiger partial charge in [0.15, 0.2) is 0 Å². The predicted octanol–water partition coefficient (Wildman–Crippen LogP) is 4.84. The summed E-state index contributed by atoms with van der Waals surface area (Å²) in [6.07, 6.45) is 0. The number of fused-ring (bicyclic) bond motifs is 1. The second-order valence-electron chi connectivity index (χ2n) is 4.81. The highest BCUT2D eigenvalue weighted by Crippen LogP contribution is 2.30. The van der Waals surface area contributed by atoms with Crippen molar-refractivity contribution in [3.05, 3.63) is 52.3 Å². The monoisotopic (exact) mass is 364 g/mol. The summed E-state index contributed by atoms with van der Waals surface area (Å²) in [6.45, 7) is 2.07. The second kappa shape index (κ2) is 5.70. The normalized spacial score (nSPS) is 11.0. The van der Waals surface area contributed by atoms with Gasteiger partial charge in [-0.15, -0.1) is 11.6 Å². The number of rotatable bonds is 3. The summed E-state index contributed by atoms with van der Waals surface area (Å²) in [5, 5.41) is 0. The number of alkyl halides is 1. The van der Waals surface area contributed by atoms with E-state index in [4.69, 9.17) is 16.3 Å². The maximum absolute atomic E-state index is 6.09. The maximum atomic E-state index is 6.09. The van der Waals surface area contributed by atoms with Crippen molar-refractivity contribution in [3.8, 4) is 11.4 Å². The smallest absolute Gasteiger partial charge is 0.129 e. The number of aryl methyl sites for hydroxylation is 1. The van der Waals surface area contributed by atoms with Gasteiger partial charge in [0.2, 0.25) is 0 Å². The molecular weight excluding hydrogens is 352 g/mol. The van der Waals surface area contributed by atoms with Crippen LogP contribution in [0.25, 0.3) is 16.7 Å². The quantitative estimate of drug-likeness (QED) is 0.621.